The van der Waals surface area contributed by atoms with E-state index < -0.39 is 0 Å². The topological polar surface area (TPSA) is 58.6 Å². The number of halogens is 1. The second kappa shape index (κ2) is 3.32. The summed E-state index contributed by atoms with van der Waals surface area (Å²) in [6.45, 7) is 0. The number of pyridine rings is 1. The van der Waals surface area contributed by atoms with Crippen molar-refractivity contribution in [3.8, 4) is 0 Å². The standard InChI is InChI=1S/C7H5N3O.ClH/c11-7-5-1-2-8-3-6(5)9-4-10-7;/h1-4H,(H,9,10,11);1H. The van der Waals surface area contributed by atoms with Gasteiger partial charge in [0.2, 0.25) is 0 Å². The molecule has 0 bridgehead atoms. The van der Waals surface area contributed by atoms with Crippen LogP contribution in [-0.4, -0.2) is 15.0 Å². The molecular weight excluding hydrogens is 178 g/mol. The lowest BCUT2D eigenvalue weighted by molar-refractivity contribution is 1.16. The van der Waals surface area contributed by atoms with Crippen molar-refractivity contribution in [1.82, 2.24) is 15.0 Å². The van der Waals surface area contributed by atoms with E-state index in [0.29, 0.717) is 10.9 Å². The summed E-state index contributed by atoms with van der Waals surface area (Å²) in [5.74, 6) is 0. The SMILES string of the molecule is Cl.O=c1[nH]cnc2cnccc12. The lowest BCUT2D eigenvalue weighted by Gasteiger charge is -1.90. The lowest BCUT2D eigenvalue weighted by atomic mass is 10.3. The molecule has 0 amide bonds. The van der Waals surface area contributed by atoms with Crippen molar-refractivity contribution in [2.45, 2.75) is 0 Å². The van der Waals surface area contributed by atoms with Crippen LogP contribution in [0.4, 0.5) is 0 Å². The molecule has 2 aromatic heterocycles. The molecule has 0 aliphatic heterocycles. The average molecular weight is 184 g/mol. The quantitative estimate of drug-likeness (QED) is 0.656. The van der Waals surface area contributed by atoms with Crippen molar-refractivity contribution >= 4 is 23.3 Å². The van der Waals surface area contributed by atoms with Gasteiger partial charge >= 0.3 is 0 Å². The molecule has 0 atom stereocenters. The summed E-state index contributed by atoms with van der Waals surface area (Å²) in [5.41, 5.74) is 0.494. The molecule has 2 aromatic rings. The Morgan fingerprint density at radius 2 is 2.25 bits per heavy atom. The zero-order valence-corrected chi connectivity index (χ0v) is 6.84. The van der Waals surface area contributed by atoms with Crippen LogP contribution >= 0.6 is 12.4 Å². The summed E-state index contributed by atoms with van der Waals surface area (Å²) in [4.78, 5) is 21.3. The van der Waals surface area contributed by atoms with Gasteiger partial charge in [0.05, 0.1) is 23.4 Å². The molecule has 2 heterocycles. The number of fused-ring (bicyclic) bond motifs is 1. The van der Waals surface area contributed by atoms with E-state index in [0.717, 1.165) is 0 Å². The number of hydrogen-bond acceptors (Lipinski definition) is 3. The Morgan fingerprint density at radius 1 is 1.42 bits per heavy atom. The molecule has 0 aliphatic carbocycles. The van der Waals surface area contributed by atoms with Crippen LogP contribution in [0.3, 0.4) is 0 Å². The van der Waals surface area contributed by atoms with Crippen LogP contribution in [0.2, 0.25) is 0 Å². The van der Waals surface area contributed by atoms with Crippen molar-refractivity contribution in [3.05, 3.63) is 35.1 Å². The van der Waals surface area contributed by atoms with Crippen molar-refractivity contribution in [1.29, 1.82) is 0 Å². The summed E-state index contributed by atoms with van der Waals surface area (Å²) < 4.78 is 0. The fourth-order valence-electron chi connectivity index (χ4n) is 0.919. The minimum Gasteiger partial charge on any atom is -0.313 e. The van der Waals surface area contributed by atoms with Gasteiger partial charge in [-0.2, -0.15) is 0 Å². The first-order valence-corrected chi connectivity index (χ1v) is 3.15. The third-order valence-electron chi connectivity index (χ3n) is 1.44. The zero-order valence-electron chi connectivity index (χ0n) is 6.02. The van der Waals surface area contributed by atoms with E-state index in [4.69, 9.17) is 0 Å². The first-order valence-electron chi connectivity index (χ1n) is 3.15. The maximum Gasteiger partial charge on any atom is 0.258 e. The summed E-state index contributed by atoms with van der Waals surface area (Å²) >= 11 is 0. The number of rotatable bonds is 0. The van der Waals surface area contributed by atoms with Crippen molar-refractivity contribution < 1.29 is 0 Å². The molecule has 4 nitrogen and oxygen atoms in total. The second-order valence-corrected chi connectivity index (χ2v) is 2.12. The smallest absolute Gasteiger partial charge is 0.258 e. The highest BCUT2D eigenvalue weighted by atomic mass is 35.5. The Bertz CT molecular complexity index is 434. The Kier molecular flexibility index (Phi) is 2.40. The summed E-state index contributed by atoms with van der Waals surface area (Å²) in [5, 5.41) is 0.572. The van der Waals surface area contributed by atoms with Crippen LogP contribution in [0.5, 0.6) is 0 Å². The third-order valence-corrected chi connectivity index (χ3v) is 1.44. The van der Waals surface area contributed by atoms with E-state index >= 15 is 0 Å². The van der Waals surface area contributed by atoms with Crippen LogP contribution in [0, 0.1) is 0 Å². The van der Waals surface area contributed by atoms with Crippen LogP contribution in [-0.2, 0) is 0 Å². The van der Waals surface area contributed by atoms with Gasteiger partial charge in [-0.05, 0) is 6.07 Å². The predicted molar refractivity (Wildman–Crippen MR) is 47.4 cm³/mol. The molecule has 0 fully saturated rings. The van der Waals surface area contributed by atoms with E-state index in [1.807, 2.05) is 0 Å². The normalized spacial score (nSPS) is 9.33. The van der Waals surface area contributed by atoms with Crippen LogP contribution in [0.25, 0.3) is 10.9 Å². The van der Waals surface area contributed by atoms with E-state index in [2.05, 4.69) is 15.0 Å². The molecule has 0 spiro atoms. The van der Waals surface area contributed by atoms with Gasteiger partial charge in [0.25, 0.3) is 5.56 Å². The lowest BCUT2D eigenvalue weighted by Crippen LogP contribution is -2.05. The van der Waals surface area contributed by atoms with Crippen molar-refractivity contribution in [2.75, 3.05) is 0 Å². The summed E-state index contributed by atoms with van der Waals surface area (Å²) in [6, 6.07) is 1.64. The molecule has 62 valence electrons. The fraction of sp³-hybridized carbons (Fsp3) is 0. The predicted octanol–water partition coefficient (Wildman–Crippen LogP) is 0.740. The van der Waals surface area contributed by atoms with Crippen LogP contribution in [0.15, 0.2) is 29.6 Å². The number of aromatic nitrogens is 3. The Balaban J connectivity index is 0.000000720. The first-order chi connectivity index (χ1) is 5.38. The minimum absolute atomic E-state index is 0. The highest BCUT2D eigenvalue weighted by molar-refractivity contribution is 5.85. The van der Waals surface area contributed by atoms with Crippen LogP contribution < -0.4 is 5.56 Å². The molecular formula is C7H6ClN3O. The number of H-pyrrole nitrogens is 1. The highest BCUT2D eigenvalue weighted by Gasteiger charge is 1.95. The number of aromatic amines is 1. The monoisotopic (exact) mass is 183 g/mol. The van der Waals surface area contributed by atoms with Gasteiger partial charge in [-0.3, -0.25) is 9.78 Å². The maximum absolute atomic E-state index is 11.1. The average Bonchev–Trinajstić information content (AvgIpc) is 2.06. The van der Waals surface area contributed by atoms with Gasteiger partial charge < -0.3 is 4.98 Å². The Hall–Kier alpha value is -1.42. The molecule has 0 radical (unpaired) electrons. The Labute approximate surface area is 74.1 Å². The van der Waals surface area contributed by atoms with E-state index in [1.165, 1.54) is 6.33 Å². The third kappa shape index (κ3) is 1.29. The highest BCUT2D eigenvalue weighted by Crippen LogP contribution is 1.99. The van der Waals surface area contributed by atoms with E-state index in [-0.39, 0.29) is 18.0 Å². The molecule has 1 N–H and O–H groups in total. The molecule has 0 saturated carbocycles. The molecule has 0 unspecified atom stereocenters. The molecule has 0 aromatic carbocycles. The summed E-state index contributed by atoms with van der Waals surface area (Å²) in [6.07, 6.45) is 4.50. The van der Waals surface area contributed by atoms with Crippen molar-refractivity contribution in [3.63, 3.8) is 0 Å². The largest absolute Gasteiger partial charge is 0.313 e. The van der Waals surface area contributed by atoms with Crippen LogP contribution in [0.1, 0.15) is 0 Å². The minimum atomic E-state index is -0.127. The molecule has 0 saturated heterocycles. The van der Waals surface area contributed by atoms with E-state index in [9.17, 15) is 4.79 Å². The molecule has 5 heteroatoms. The summed E-state index contributed by atoms with van der Waals surface area (Å²) in [7, 11) is 0. The van der Waals surface area contributed by atoms with Gasteiger partial charge in [-0.15, -0.1) is 12.4 Å². The van der Waals surface area contributed by atoms with Gasteiger partial charge in [-0.1, -0.05) is 0 Å². The second-order valence-electron chi connectivity index (χ2n) is 2.12. The Morgan fingerprint density at radius 3 is 3.00 bits per heavy atom. The van der Waals surface area contributed by atoms with E-state index in [1.54, 1.807) is 18.5 Å². The fourth-order valence-corrected chi connectivity index (χ4v) is 0.919. The molecule has 2 rings (SSSR count). The van der Waals surface area contributed by atoms with Gasteiger partial charge in [0, 0.05) is 6.20 Å². The molecule has 12 heavy (non-hydrogen) atoms. The first kappa shape index (κ1) is 8.67. The van der Waals surface area contributed by atoms with Gasteiger partial charge in [-0.25, -0.2) is 4.98 Å². The number of nitrogens with one attached hydrogen (secondary N) is 1. The maximum atomic E-state index is 11.1. The van der Waals surface area contributed by atoms with Gasteiger partial charge in [0.1, 0.15) is 0 Å². The molecule has 0 aliphatic rings. The number of nitrogens with zero attached hydrogens (tertiary/aromatic N) is 2. The number of hydrogen-bond donors (Lipinski definition) is 1. The zero-order chi connectivity index (χ0) is 7.68. The van der Waals surface area contributed by atoms with Gasteiger partial charge in [0.15, 0.2) is 0 Å². The van der Waals surface area contributed by atoms with Crippen molar-refractivity contribution in [2.24, 2.45) is 0 Å².